The standard InChI is InChI=1S/C8H18BrOPS/c1-3-5-7-11(12(9)10)8-6-4-2/h3-8H2,1-2H3. The molecule has 1 unspecified atom stereocenters. The van der Waals surface area contributed by atoms with Gasteiger partial charge in [-0.05, 0) is 25.2 Å². The maximum Gasteiger partial charge on any atom is 0.111 e. The zero-order valence-corrected chi connectivity index (χ0v) is 11.2. The molecule has 0 heterocycles. The molecule has 0 saturated heterocycles. The van der Waals surface area contributed by atoms with Crippen molar-refractivity contribution >= 4 is 30.8 Å². The number of halogens is 1. The summed E-state index contributed by atoms with van der Waals surface area (Å²) in [5, 5.41) is 0. The van der Waals surface area contributed by atoms with Crippen LogP contribution in [0.15, 0.2) is 0 Å². The summed E-state index contributed by atoms with van der Waals surface area (Å²) in [5.41, 5.74) is 0. The summed E-state index contributed by atoms with van der Waals surface area (Å²) in [6, 6.07) is 0. The van der Waals surface area contributed by atoms with Crippen molar-refractivity contribution in [3.05, 3.63) is 0 Å². The van der Waals surface area contributed by atoms with E-state index in [-0.39, 0.29) is 7.12 Å². The van der Waals surface area contributed by atoms with Crippen LogP contribution in [-0.2, 0) is 8.85 Å². The Hall–Kier alpha value is 1.06. The van der Waals surface area contributed by atoms with Gasteiger partial charge in [-0.1, -0.05) is 26.7 Å². The first kappa shape index (κ1) is 13.1. The van der Waals surface area contributed by atoms with Crippen LogP contribution in [0.3, 0.4) is 0 Å². The molecule has 0 aromatic rings. The molecule has 0 amide bonds. The topological polar surface area (TPSA) is 17.1 Å². The van der Waals surface area contributed by atoms with Crippen LogP contribution in [0.5, 0.6) is 0 Å². The van der Waals surface area contributed by atoms with Crippen LogP contribution in [0.25, 0.3) is 0 Å². The van der Waals surface area contributed by atoms with Crippen LogP contribution in [0.4, 0.5) is 0 Å². The quantitative estimate of drug-likeness (QED) is 0.505. The summed E-state index contributed by atoms with van der Waals surface area (Å²) in [4.78, 5) is 0. The third-order valence-electron chi connectivity index (χ3n) is 1.73. The SMILES string of the molecule is CCCCP(CCCC)S(=O)Br. The summed E-state index contributed by atoms with van der Waals surface area (Å²) in [7, 11) is -0.972. The third-order valence-corrected chi connectivity index (χ3v) is 9.76. The highest BCUT2D eigenvalue weighted by atomic mass is 79.9. The average Bonchev–Trinajstić information content (AvgIpc) is 2.04. The summed E-state index contributed by atoms with van der Waals surface area (Å²) in [5.74, 6) is 0. The van der Waals surface area contributed by atoms with Crippen LogP contribution in [0, 0.1) is 0 Å². The Morgan fingerprint density at radius 2 is 1.58 bits per heavy atom. The second kappa shape index (κ2) is 8.65. The van der Waals surface area contributed by atoms with Crippen molar-refractivity contribution in [2.75, 3.05) is 12.3 Å². The van der Waals surface area contributed by atoms with E-state index in [0.717, 1.165) is 0 Å². The minimum atomic E-state index is -0.729. The Morgan fingerprint density at radius 3 is 1.83 bits per heavy atom. The Labute approximate surface area is 86.9 Å². The van der Waals surface area contributed by atoms with Gasteiger partial charge in [-0.2, -0.15) is 0 Å². The lowest BCUT2D eigenvalue weighted by Gasteiger charge is -2.11. The number of rotatable bonds is 7. The Morgan fingerprint density at radius 1 is 1.17 bits per heavy atom. The maximum absolute atomic E-state index is 11.2. The molecule has 4 heteroatoms. The molecule has 0 radical (unpaired) electrons. The molecule has 0 N–H and O–H groups in total. The highest BCUT2D eigenvalue weighted by Crippen LogP contribution is 2.44. The van der Waals surface area contributed by atoms with Crippen LogP contribution in [0.2, 0.25) is 0 Å². The Balaban J connectivity index is 3.62. The minimum Gasteiger partial charge on any atom is -0.243 e. The molecule has 0 spiro atoms. The predicted molar refractivity (Wildman–Crippen MR) is 63.5 cm³/mol. The van der Waals surface area contributed by atoms with Crippen molar-refractivity contribution in [2.24, 2.45) is 0 Å². The molecule has 0 aromatic carbocycles. The molecular weight excluding hydrogens is 255 g/mol. The fourth-order valence-corrected chi connectivity index (χ4v) is 7.01. The van der Waals surface area contributed by atoms with Crippen LogP contribution < -0.4 is 0 Å². The number of unbranched alkanes of at least 4 members (excludes halogenated alkanes) is 2. The van der Waals surface area contributed by atoms with E-state index in [4.69, 9.17) is 0 Å². The lowest BCUT2D eigenvalue weighted by atomic mass is 10.4. The van der Waals surface area contributed by atoms with Crippen molar-refractivity contribution in [2.45, 2.75) is 39.5 Å². The highest BCUT2D eigenvalue weighted by Gasteiger charge is 2.11. The van der Waals surface area contributed by atoms with Gasteiger partial charge in [-0.3, -0.25) is 0 Å². The first-order valence-electron chi connectivity index (χ1n) is 4.55. The fourth-order valence-electron chi connectivity index (χ4n) is 0.924. The van der Waals surface area contributed by atoms with Crippen LogP contribution >= 0.6 is 21.9 Å². The van der Waals surface area contributed by atoms with Gasteiger partial charge < -0.3 is 0 Å². The van der Waals surface area contributed by atoms with E-state index in [2.05, 4.69) is 28.7 Å². The summed E-state index contributed by atoms with van der Waals surface area (Å²) < 4.78 is 11.2. The van der Waals surface area contributed by atoms with Gasteiger partial charge in [0, 0.05) is 21.9 Å². The van der Waals surface area contributed by atoms with Crippen molar-refractivity contribution in [1.29, 1.82) is 0 Å². The Kier molecular flexibility index (Phi) is 9.41. The fraction of sp³-hybridized carbons (Fsp3) is 1.00. The Bertz CT molecular complexity index is 124. The van der Waals surface area contributed by atoms with Crippen molar-refractivity contribution < 1.29 is 4.21 Å². The van der Waals surface area contributed by atoms with E-state index in [9.17, 15) is 4.21 Å². The predicted octanol–water partition coefficient (Wildman–Crippen LogP) is 4.04. The van der Waals surface area contributed by atoms with Crippen LogP contribution in [-0.4, -0.2) is 16.5 Å². The molecule has 0 rings (SSSR count). The molecule has 74 valence electrons. The molecule has 1 atom stereocenters. The number of hydrogen-bond acceptors (Lipinski definition) is 1. The molecule has 0 saturated carbocycles. The molecule has 0 aliphatic heterocycles. The molecule has 1 nitrogen and oxygen atoms in total. The lowest BCUT2D eigenvalue weighted by Crippen LogP contribution is -1.92. The summed E-state index contributed by atoms with van der Waals surface area (Å²) >= 11 is 3.20. The second-order valence-electron chi connectivity index (χ2n) is 2.84. The van der Waals surface area contributed by atoms with Crippen molar-refractivity contribution in [3.8, 4) is 0 Å². The first-order valence-corrected chi connectivity index (χ1v) is 9.86. The largest absolute Gasteiger partial charge is 0.243 e. The molecule has 0 bridgehead atoms. The van der Waals surface area contributed by atoms with E-state index < -0.39 is 8.85 Å². The first-order chi connectivity index (χ1) is 5.72. The van der Waals surface area contributed by atoms with Gasteiger partial charge in [0.2, 0.25) is 0 Å². The molecule has 12 heavy (non-hydrogen) atoms. The van der Waals surface area contributed by atoms with Gasteiger partial charge in [0.15, 0.2) is 0 Å². The number of hydrogen-bond donors (Lipinski definition) is 0. The zero-order valence-electron chi connectivity index (χ0n) is 7.88. The van der Waals surface area contributed by atoms with E-state index in [1.54, 1.807) is 0 Å². The van der Waals surface area contributed by atoms with E-state index >= 15 is 0 Å². The highest BCUT2D eigenvalue weighted by molar-refractivity contribution is 9.53. The third kappa shape index (κ3) is 6.56. The van der Waals surface area contributed by atoms with E-state index in [0.29, 0.717) is 0 Å². The second-order valence-corrected chi connectivity index (χ2v) is 10.9. The van der Waals surface area contributed by atoms with Crippen molar-refractivity contribution in [3.63, 3.8) is 0 Å². The van der Waals surface area contributed by atoms with Crippen molar-refractivity contribution in [1.82, 2.24) is 0 Å². The molecule has 0 fully saturated rings. The smallest absolute Gasteiger partial charge is 0.111 e. The minimum absolute atomic E-state index is 0.243. The molecular formula is C8H18BrOPS. The monoisotopic (exact) mass is 272 g/mol. The summed E-state index contributed by atoms with van der Waals surface area (Å²) in [6.45, 7) is 4.37. The van der Waals surface area contributed by atoms with Gasteiger partial charge in [-0.25, -0.2) is 4.21 Å². The average molecular weight is 273 g/mol. The molecule has 0 aromatic heterocycles. The molecule has 0 aliphatic carbocycles. The van der Waals surface area contributed by atoms with Gasteiger partial charge >= 0.3 is 0 Å². The normalized spacial score (nSPS) is 13.7. The van der Waals surface area contributed by atoms with E-state index in [1.807, 2.05) is 0 Å². The van der Waals surface area contributed by atoms with Gasteiger partial charge in [0.25, 0.3) is 0 Å². The maximum atomic E-state index is 11.2. The van der Waals surface area contributed by atoms with Gasteiger partial charge in [0.05, 0.1) is 0 Å². The van der Waals surface area contributed by atoms with E-state index in [1.165, 1.54) is 38.0 Å². The van der Waals surface area contributed by atoms with Gasteiger partial charge in [-0.15, -0.1) is 0 Å². The van der Waals surface area contributed by atoms with Crippen LogP contribution in [0.1, 0.15) is 39.5 Å². The summed E-state index contributed by atoms with van der Waals surface area (Å²) in [6.07, 6.45) is 7.23. The molecule has 0 aliphatic rings. The lowest BCUT2D eigenvalue weighted by molar-refractivity contribution is 0.698. The van der Waals surface area contributed by atoms with Gasteiger partial charge in [0.1, 0.15) is 8.85 Å². The zero-order chi connectivity index (χ0) is 9.40.